The zero-order valence-electron chi connectivity index (χ0n) is 18.8. The monoisotopic (exact) mass is 472 g/mol. The van der Waals surface area contributed by atoms with E-state index < -0.39 is 0 Å². The number of nitrogens with zero attached hydrogens (tertiary/aromatic N) is 2. The molecule has 2 heterocycles. The first-order valence-electron chi connectivity index (χ1n) is 10.7. The van der Waals surface area contributed by atoms with Crippen molar-refractivity contribution in [3.63, 3.8) is 0 Å². The largest absolute Gasteiger partial charge is 0.489 e. The van der Waals surface area contributed by atoms with Crippen molar-refractivity contribution in [1.82, 2.24) is 15.3 Å². The van der Waals surface area contributed by atoms with Crippen molar-refractivity contribution in [2.75, 3.05) is 5.32 Å². The lowest BCUT2D eigenvalue weighted by Crippen LogP contribution is -2.23. The van der Waals surface area contributed by atoms with Crippen LogP contribution in [0.3, 0.4) is 0 Å². The second kappa shape index (κ2) is 10.7. The van der Waals surface area contributed by atoms with Gasteiger partial charge in [-0.15, -0.1) is 11.3 Å². The smallest absolute Gasteiger partial charge is 0.257 e. The fraction of sp³-hybridized carbons (Fsp3) is 0.154. The number of carbonyl (C=O) groups is 2. The van der Waals surface area contributed by atoms with Gasteiger partial charge in [-0.3, -0.25) is 19.9 Å². The lowest BCUT2D eigenvalue weighted by molar-refractivity contribution is -0.119. The van der Waals surface area contributed by atoms with Crippen LogP contribution < -0.4 is 15.4 Å². The predicted octanol–water partition coefficient (Wildman–Crippen LogP) is 5.23. The van der Waals surface area contributed by atoms with Crippen LogP contribution in [0, 0.1) is 0 Å². The average Bonchev–Trinajstić information content (AvgIpc) is 3.32. The maximum atomic E-state index is 12.7. The van der Waals surface area contributed by atoms with Crippen molar-refractivity contribution >= 4 is 28.3 Å². The van der Waals surface area contributed by atoms with E-state index in [1.165, 1.54) is 18.3 Å². The van der Waals surface area contributed by atoms with Crippen LogP contribution in [0.25, 0.3) is 11.3 Å². The SMILES string of the molecule is CC(=O)N[C@H](C)c1ccc(-c2csc(NC(=O)c3cccc(OCc4cccnc4)c3)n2)cc1. The van der Waals surface area contributed by atoms with Gasteiger partial charge >= 0.3 is 0 Å². The molecule has 2 N–H and O–H groups in total. The van der Waals surface area contributed by atoms with Gasteiger partial charge < -0.3 is 10.1 Å². The summed E-state index contributed by atoms with van der Waals surface area (Å²) in [6.07, 6.45) is 3.45. The van der Waals surface area contributed by atoms with Crippen molar-refractivity contribution in [1.29, 1.82) is 0 Å². The van der Waals surface area contributed by atoms with Crippen LogP contribution in [0.2, 0.25) is 0 Å². The summed E-state index contributed by atoms with van der Waals surface area (Å²) in [5, 5.41) is 8.13. The Kier molecular flexibility index (Phi) is 7.29. The summed E-state index contributed by atoms with van der Waals surface area (Å²) in [6.45, 7) is 3.81. The quantitative estimate of drug-likeness (QED) is 0.366. The number of nitrogens with one attached hydrogen (secondary N) is 2. The Morgan fingerprint density at radius 1 is 1.09 bits per heavy atom. The van der Waals surface area contributed by atoms with E-state index in [-0.39, 0.29) is 17.9 Å². The number of hydrogen-bond acceptors (Lipinski definition) is 6. The number of aromatic nitrogens is 2. The van der Waals surface area contributed by atoms with Crippen LogP contribution in [0.15, 0.2) is 78.4 Å². The van der Waals surface area contributed by atoms with Crippen molar-refractivity contribution in [3.8, 4) is 17.0 Å². The van der Waals surface area contributed by atoms with E-state index in [1.54, 1.807) is 30.6 Å². The minimum Gasteiger partial charge on any atom is -0.489 e. The first-order chi connectivity index (χ1) is 16.5. The van der Waals surface area contributed by atoms with E-state index in [4.69, 9.17) is 4.74 Å². The molecule has 0 saturated heterocycles. The molecule has 4 aromatic rings. The number of carbonyl (C=O) groups excluding carboxylic acids is 2. The highest BCUT2D eigenvalue weighted by Gasteiger charge is 2.12. The average molecular weight is 473 g/mol. The van der Waals surface area contributed by atoms with Crippen LogP contribution in [0.4, 0.5) is 5.13 Å². The second-order valence-electron chi connectivity index (χ2n) is 7.71. The molecule has 0 aliphatic carbocycles. The number of rotatable bonds is 8. The van der Waals surface area contributed by atoms with E-state index in [9.17, 15) is 9.59 Å². The molecule has 2 aromatic heterocycles. The number of pyridine rings is 1. The van der Waals surface area contributed by atoms with E-state index >= 15 is 0 Å². The Labute approximate surface area is 201 Å². The van der Waals surface area contributed by atoms with Crippen molar-refractivity contribution in [2.45, 2.75) is 26.5 Å². The van der Waals surface area contributed by atoms with Gasteiger partial charge in [0.15, 0.2) is 5.13 Å². The van der Waals surface area contributed by atoms with Gasteiger partial charge in [-0.25, -0.2) is 4.98 Å². The first-order valence-corrected chi connectivity index (χ1v) is 11.6. The van der Waals surface area contributed by atoms with Gasteiger partial charge in [0.05, 0.1) is 11.7 Å². The number of amides is 2. The molecule has 0 unspecified atom stereocenters. The second-order valence-corrected chi connectivity index (χ2v) is 8.57. The summed E-state index contributed by atoms with van der Waals surface area (Å²) in [4.78, 5) is 32.6. The van der Waals surface area contributed by atoms with Crippen molar-refractivity contribution in [2.24, 2.45) is 0 Å². The number of ether oxygens (including phenoxy) is 1. The Morgan fingerprint density at radius 3 is 2.65 bits per heavy atom. The molecule has 0 fully saturated rings. The minimum absolute atomic E-state index is 0.0675. The Morgan fingerprint density at radius 2 is 1.91 bits per heavy atom. The fourth-order valence-corrected chi connectivity index (χ4v) is 4.06. The molecule has 1 atom stereocenters. The lowest BCUT2D eigenvalue weighted by Gasteiger charge is -2.13. The van der Waals surface area contributed by atoms with Gasteiger partial charge in [-0.2, -0.15) is 0 Å². The molecule has 7 nitrogen and oxygen atoms in total. The molecule has 0 spiro atoms. The topological polar surface area (TPSA) is 93.2 Å². The lowest BCUT2D eigenvalue weighted by atomic mass is 10.1. The Bertz CT molecular complexity index is 1270. The van der Waals surface area contributed by atoms with E-state index in [2.05, 4.69) is 20.6 Å². The van der Waals surface area contributed by atoms with E-state index in [0.29, 0.717) is 23.1 Å². The number of benzene rings is 2. The number of thiazole rings is 1. The summed E-state index contributed by atoms with van der Waals surface area (Å²) in [7, 11) is 0. The third kappa shape index (κ3) is 6.05. The third-order valence-electron chi connectivity index (χ3n) is 5.08. The molecule has 0 bridgehead atoms. The highest BCUT2D eigenvalue weighted by Crippen LogP contribution is 2.27. The molecule has 0 saturated carbocycles. The van der Waals surface area contributed by atoms with Gasteiger partial charge in [0.2, 0.25) is 5.91 Å². The Hall–Kier alpha value is -4.04. The zero-order valence-corrected chi connectivity index (χ0v) is 19.6. The molecular formula is C26H24N4O3S. The molecule has 172 valence electrons. The third-order valence-corrected chi connectivity index (χ3v) is 5.83. The first kappa shape index (κ1) is 23.1. The summed E-state index contributed by atoms with van der Waals surface area (Å²) >= 11 is 1.36. The van der Waals surface area contributed by atoms with Crippen molar-refractivity contribution in [3.05, 3.63) is 95.1 Å². The summed E-state index contributed by atoms with van der Waals surface area (Å²) in [5.74, 6) is 0.277. The highest BCUT2D eigenvalue weighted by atomic mass is 32.1. The predicted molar refractivity (Wildman–Crippen MR) is 133 cm³/mol. The Balaban J connectivity index is 1.38. The normalized spacial score (nSPS) is 11.5. The van der Waals surface area contributed by atoms with Crippen molar-refractivity contribution < 1.29 is 14.3 Å². The van der Waals surface area contributed by atoms with Crippen LogP contribution in [-0.4, -0.2) is 21.8 Å². The van der Waals surface area contributed by atoms with Gasteiger partial charge in [-0.05, 0) is 36.8 Å². The number of hydrogen-bond donors (Lipinski definition) is 2. The summed E-state index contributed by atoms with van der Waals surface area (Å²) in [6, 6.07) is 18.6. The molecule has 2 amide bonds. The maximum Gasteiger partial charge on any atom is 0.257 e. The molecular weight excluding hydrogens is 448 g/mol. The van der Waals surface area contributed by atoms with Crippen LogP contribution in [0.5, 0.6) is 5.75 Å². The molecule has 4 rings (SSSR count). The fourth-order valence-electron chi connectivity index (χ4n) is 3.34. The molecule has 2 aromatic carbocycles. The van der Waals surface area contributed by atoms with Gasteiger partial charge in [-0.1, -0.05) is 36.4 Å². The maximum absolute atomic E-state index is 12.7. The number of anilines is 1. The molecule has 0 radical (unpaired) electrons. The van der Waals surface area contributed by atoms with Crippen LogP contribution in [0.1, 0.15) is 41.4 Å². The van der Waals surface area contributed by atoms with E-state index in [1.807, 2.05) is 54.8 Å². The molecule has 8 heteroatoms. The highest BCUT2D eigenvalue weighted by molar-refractivity contribution is 7.14. The van der Waals surface area contributed by atoms with Crippen LogP contribution >= 0.6 is 11.3 Å². The standard InChI is InChI=1S/C26H24N4O3S/c1-17(28-18(2)31)20-8-10-21(11-9-20)24-16-34-26(29-24)30-25(32)22-6-3-7-23(13-22)33-15-19-5-4-12-27-14-19/h3-14,16-17H,15H2,1-2H3,(H,28,31)(H,29,30,32)/t17-/m1/s1. The molecule has 0 aliphatic heterocycles. The summed E-state index contributed by atoms with van der Waals surface area (Å²) in [5.41, 5.74) is 4.14. The van der Waals surface area contributed by atoms with Gasteiger partial charge in [0, 0.05) is 41.4 Å². The minimum atomic E-state index is -0.257. The molecule has 34 heavy (non-hydrogen) atoms. The van der Waals surface area contributed by atoms with E-state index in [0.717, 1.165) is 22.4 Å². The van der Waals surface area contributed by atoms with Gasteiger partial charge in [0.1, 0.15) is 12.4 Å². The summed E-state index contributed by atoms with van der Waals surface area (Å²) < 4.78 is 5.79. The molecule has 0 aliphatic rings. The zero-order chi connectivity index (χ0) is 23.9. The van der Waals surface area contributed by atoms with Crippen LogP contribution in [-0.2, 0) is 11.4 Å². The van der Waals surface area contributed by atoms with Gasteiger partial charge in [0.25, 0.3) is 5.91 Å².